The van der Waals surface area contributed by atoms with Crippen molar-refractivity contribution < 1.29 is 9.84 Å². The predicted molar refractivity (Wildman–Crippen MR) is 54.3 cm³/mol. The molecule has 0 fully saturated rings. The van der Waals surface area contributed by atoms with E-state index in [0.717, 1.165) is 5.69 Å². The third-order valence-electron chi connectivity index (χ3n) is 2.13. The number of nitrogens with zero attached hydrogens (tertiary/aromatic N) is 1. The molecule has 0 saturated heterocycles. The first-order chi connectivity index (χ1) is 6.81. The van der Waals surface area contributed by atoms with Gasteiger partial charge in [0.25, 0.3) is 0 Å². The number of aromatic nitrogens is 1. The molecule has 4 nitrogen and oxygen atoms in total. The van der Waals surface area contributed by atoms with Crippen molar-refractivity contribution in [3.8, 4) is 5.88 Å². The van der Waals surface area contributed by atoms with Crippen molar-refractivity contribution in [2.24, 2.45) is 5.73 Å². The Morgan fingerprint density at radius 1 is 1.57 bits per heavy atom. The number of hydrogen-bond donors (Lipinski definition) is 2. The van der Waals surface area contributed by atoms with E-state index in [4.69, 9.17) is 15.6 Å². The van der Waals surface area contributed by atoms with Crippen LogP contribution in [-0.2, 0) is 0 Å². The van der Waals surface area contributed by atoms with Gasteiger partial charge in [-0.1, -0.05) is 6.07 Å². The topological polar surface area (TPSA) is 68.4 Å². The van der Waals surface area contributed by atoms with E-state index in [2.05, 4.69) is 4.98 Å². The molecule has 0 bridgehead atoms. The van der Waals surface area contributed by atoms with Crippen LogP contribution >= 0.6 is 0 Å². The van der Waals surface area contributed by atoms with Crippen molar-refractivity contribution in [1.82, 2.24) is 4.98 Å². The van der Waals surface area contributed by atoms with Gasteiger partial charge in [-0.25, -0.2) is 4.98 Å². The molecule has 0 amide bonds. The van der Waals surface area contributed by atoms with Crippen LogP contribution in [0.2, 0.25) is 0 Å². The van der Waals surface area contributed by atoms with Gasteiger partial charge in [-0.2, -0.15) is 0 Å². The summed E-state index contributed by atoms with van der Waals surface area (Å²) in [6, 6.07) is 5.56. The van der Waals surface area contributed by atoms with Crippen molar-refractivity contribution in [1.29, 1.82) is 0 Å². The van der Waals surface area contributed by atoms with Gasteiger partial charge in [0.05, 0.1) is 7.11 Å². The van der Waals surface area contributed by atoms with Crippen molar-refractivity contribution in [3.05, 3.63) is 23.9 Å². The van der Waals surface area contributed by atoms with Crippen LogP contribution in [0.4, 0.5) is 0 Å². The molecule has 3 N–H and O–H groups in total. The molecule has 0 saturated carbocycles. The van der Waals surface area contributed by atoms with Crippen molar-refractivity contribution >= 4 is 0 Å². The molecule has 1 atom stereocenters. The molecule has 0 aromatic carbocycles. The minimum atomic E-state index is 0.107. The molecule has 1 aromatic rings. The SMILES string of the molecule is COc1cccc(C(CN)CCO)n1. The third kappa shape index (κ3) is 2.68. The average molecular weight is 196 g/mol. The zero-order valence-electron chi connectivity index (χ0n) is 8.31. The van der Waals surface area contributed by atoms with Crippen molar-refractivity contribution in [2.75, 3.05) is 20.3 Å². The summed E-state index contributed by atoms with van der Waals surface area (Å²) in [6.07, 6.45) is 0.636. The Kier molecular flexibility index (Phi) is 4.35. The molecule has 0 spiro atoms. The molecule has 1 rings (SSSR count). The fourth-order valence-electron chi connectivity index (χ4n) is 1.31. The molecule has 4 heteroatoms. The average Bonchev–Trinajstić information content (AvgIpc) is 2.26. The van der Waals surface area contributed by atoms with Gasteiger partial charge >= 0.3 is 0 Å². The third-order valence-corrected chi connectivity index (χ3v) is 2.13. The quantitative estimate of drug-likeness (QED) is 0.720. The largest absolute Gasteiger partial charge is 0.481 e. The number of aliphatic hydroxyl groups is 1. The maximum absolute atomic E-state index is 8.84. The smallest absolute Gasteiger partial charge is 0.213 e. The molecule has 1 unspecified atom stereocenters. The number of ether oxygens (including phenoxy) is 1. The van der Waals surface area contributed by atoms with E-state index in [0.29, 0.717) is 18.8 Å². The summed E-state index contributed by atoms with van der Waals surface area (Å²) in [5.74, 6) is 0.689. The molecule has 0 aliphatic heterocycles. The second-order valence-corrected chi connectivity index (χ2v) is 3.05. The van der Waals surface area contributed by atoms with Crippen molar-refractivity contribution in [3.63, 3.8) is 0 Å². The number of hydrogen-bond acceptors (Lipinski definition) is 4. The van der Waals surface area contributed by atoms with Gasteiger partial charge in [-0.05, 0) is 12.5 Å². The fourth-order valence-corrected chi connectivity index (χ4v) is 1.31. The second kappa shape index (κ2) is 5.57. The highest BCUT2D eigenvalue weighted by atomic mass is 16.5. The Labute approximate surface area is 83.7 Å². The molecular weight excluding hydrogens is 180 g/mol. The highest BCUT2D eigenvalue weighted by Crippen LogP contribution is 2.18. The normalized spacial score (nSPS) is 12.5. The van der Waals surface area contributed by atoms with Gasteiger partial charge < -0.3 is 15.6 Å². The van der Waals surface area contributed by atoms with Crippen LogP contribution in [-0.4, -0.2) is 30.4 Å². The Balaban J connectivity index is 2.80. The summed E-state index contributed by atoms with van der Waals surface area (Å²) in [4.78, 5) is 4.27. The van der Waals surface area contributed by atoms with E-state index in [9.17, 15) is 0 Å². The molecule has 78 valence electrons. The standard InChI is InChI=1S/C10H16N2O2/c1-14-10-4-2-3-9(12-10)8(7-11)5-6-13/h2-4,8,13H,5-7,11H2,1H3. The van der Waals surface area contributed by atoms with Gasteiger partial charge in [0, 0.05) is 30.8 Å². The number of rotatable bonds is 5. The lowest BCUT2D eigenvalue weighted by atomic mass is 10.0. The fraction of sp³-hybridized carbons (Fsp3) is 0.500. The van der Waals surface area contributed by atoms with Gasteiger partial charge in [-0.3, -0.25) is 0 Å². The number of nitrogens with two attached hydrogens (primary N) is 1. The first kappa shape index (κ1) is 10.9. The molecule has 0 aliphatic carbocycles. The van der Waals surface area contributed by atoms with E-state index >= 15 is 0 Å². The monoisotopic (exact) mass is 196 g/mol. The van der Waals surface area contributed by atoms with Crippen LogP contribution in [0.15, 0.2) is 18.2 Å². The Morgan fingerprint density at radius 2 is 2.36 bits per heavy atom. The van der Waals surface area contributed by atoms with E-state index < -0.39 is 0 Å². The zero-order valence-corrected chi connectivity index (χ0v) is 8.31. The Hall–Kier alpha value is -1.13. The van der Waals surface area contributed by atoms with Crippen LogP contribution < -0.4 is 10.5 Å². The van der Waals surface area contributed by atoms with E-state index in [1.165, 1.54) is 0 Å². The Morgan fingerprint density at radius 3 is 2.93 bits per heavy atom. The number of pyridine rings is 1. The molecule has 0 radical (unpaired) electrons. The molecule has 1 heterocycles. The number of methoxy groups -OCH3 is 1. The first-order valence-corrected chi connectivity index (χ1v) is 4.63. The number of aliphatic hydroxyl groups excluding tert-OH is 1. The van der Waals surface area contributed by atoms with Crippen LogP contribution in [0.1, 0.15) is 18.0 Å². The molecule has 14 heavy (non-hydrogen) atoms. The van der Waals surface area contributed by atoms with Gasteiger partial charge in [0.1, 0.15) is 0 Å². The minimum absolute atomic E-state index is 0.107. The Bertz CT molecular complexity index is 279. The van der Waals surface area contributed by atoms with E-state index in [-0.39, 0.29) is 12.5 Å². The predicted octanol–water partition coefficient (Wildman–Crippen LogP) is 0.515. The molecule has 0 aliphatic rings. The summed E-state index contributed by atoms with van der Waals surface area (Å²) in [6.45, 7) is 0.613. The van der Waals surface area contributed by atoms with Gasteiger partial charge in [0.2, 0.25) is 5.88 Å². The van der Waals surface area contributed by atoms with Gasteiger partial charge in [-0.15, -0.1) is 0 Å². The van der Waals surface area contributed by atoms with Crippen LogP contribution in [0.3, 0.4) is 0 Å². The van der Waals surface area contributed by atoms with Crippen LogP contribution in [0, 0.1) is 0 Å². The summed E-state index contributed by atoms with van der Waals surface area (Å²) >= 11 is 0. The second-order valence-electron chi connectivity index (χ2n) is 3.05. The lowest BCUT2D eigenvalue weighted by Crippen LogP contribution is -2.15. The molecular formula is C10H16N2O2. The lowest BCUT2D eigenvalue weighted by Gasteiger charge is -2.13. The molecule has 1 aromatic heterocycles. The van der Waals surface area contributed by atoms with E-state index in [1.54, 1.807) is 13.2 Å². The lowest BCUT2D eigenvalue weighted by molar-refractivity contribution is 0.275. The first-order valence-electron chi connectivity index (χ1n) is 4.63. The maximum Gasteiger partial charge on any atom is 0.213 e. The maximum atomic E-state index is 8.84. The highest BCUT2D eigenvalue weighted by molar-refractivity contribution is 5.18. The summed E-state index contributed by atoms with van der Waals surface area (Å²) in [5, 5.41) is 8.84. The summed E-state index contributed by atoms with van der Waals surface area (Å²) in [5.41, 5.74) is 6.47. The van der Waals surface area contributed by atoms with Crippen LogP contribution in [0.25, 0.3) is 0 Å². The summed E-state index contributed by atoms with van der Waals surface area (Å²) in [7, 11) is 1.58. The van der Waals surface area contributed by atoms with Crippen molar-refractivity contribution in [2.45, 2.75) is 12.3 Å². The van der Waals surface area contributed by atoms with E-state index in [1.807, 2.05) is 12.1 Å². The van der Waals surface area contributed by atoms with Gasteiger partial charge in [0.15, 0.2) is 0 Å². The zero-order chi connectivity index (χ0) is 10.4. The minimum Gasteiger partial charge on any atom is -0.481 e. The summed E-state index contributed by atoms with van der Waals surface area (Å²) < 4.78 is 5.01. The highest BCUT2D eigenvalue weighted by Gasteiger charge is 2.10. The van der Waals surface area contributed by atoms with Crippen LogP contribution in [0.5, 0.6) is 5.88 Å².